The van der Waals surface area contributed by atoms with Gasteiger partial charge in [0.1, 0.15) is 0 Å². The Morgan fingerprint density at radius 3 is 1.95 bits per heavy atom. The van der Waals surface area contributed by atoms with Crippen molar-refractivity contribution in [3.8, 4) is 0 Å². The molecule has 0 saturated carbocycles. The fourth-order valence-electron chi connectivity index (χ4n) is 3.88. The number of carbonyl (C=O) groups is 1. The summed E-state index contributed by atoms with van der Waals surface area (Å²) < 4.78 is 0. The molecule has 0 radical (unpaired) electrons. The van der Waals surface area contributed by atoms with E-state index >= 15 is 0 Å². The Morgan fingerprint density at radius 2 is 1.52 bits per heavy atom. The Bertz CT molecular complexity index is 311. The molecule has 21 heavy (non-hydrogen) atoms. The van der Waals surface area contributed by atoms with Crippen molar-refractivity contribution in [3.63, 3.8) is 0 Å². The summed E-state index contributed by atoms with van der Waals surface area (Å²) in [5.41, 5.74) is 0. The average Bonchev–Trinajstić information content (AvgIpc) is 2.66. The number of hydrogen-bond donors (Lipinski definition) is 1. The molecule has 1 amide bonds. The fourth-order valence-corrected chi connectivity index (χ4v) is 3.88. The van der Waals surface area contributed by atoms with E-state index in [1.54, 1.807) is 0 Å². The van der Waals surface area contributed by atoms with E-state index in [1.165, 1.54) is 25.7 Å². The van der Waals surface area contributed by atoms with Crippen LogP contribution in [0.4, 0.5) is 0 Å². The van der Waals surface area contributed by atoms with Gasteiger partial charge < -0.3 is 10.2 Å². The van der Waals surface area contributed by atoms with Gasteiger partial charge in [-0.1, -0.05) is 27.7 Å². The summed E-state index contributed by atoms with van der Waals surface area (Å²) in [6.07, 6.45) is 5.82. The van der Waals surface area contributed by atoms with E-state index in [2.05, 4.69) is 37.9 Å². The number of carbonyl (C=O) groups excluding carboxylic acids is 1. The second kappa shape index (κ2) is 8.38. The highest BCUT2D eigenvalue weighted by atomic mass is 35.5. The zero-order valence-electron chi connectivity index (χ0n) is 14.1. The van der Waals surface area contributed by atoms with Crippen molar-refractivity contribution < 1.29 is 4.79 Å². The van der Waals surface area contributed by atoms with Gasteiger partial charge in [0, 0.05) is 31.6 Å². The monoisotopic (exact) mass is 316 g/mol. The van der Waals surface area contributed by atoms with Crippen LogP contribution in [0.1, 0.15) is 59.8 Å². The third-order valence-electron chi connectivity index (χ3n) is 4.56. The van der Waals surface area contributed by atoms with Crippen molar-refractivity contribution in [3.05, 3.63) is 0 Å². The van der Waals surface area contributed by atoms with E-state index in [0.29, 0.717) is 35.7 Å². The number of rotatable bonds is 6. The maximum Gasteiger partial charge on any atom is 0.222 e. The van der Waals surface area contributed by atoms with E-state index < -0.39 is 0 Å². The summed E-state index contributed by atoms with van der Waals surface area (Å²) in [5.74, 6) is 2.12. The van der Waals surface area contributed by atoms with Gasteiger partial charge in [0.2, 0.25) is 5.91 Å². The summed E-state index contributed by atoms with van der Waals surface area (Å²) in [7, 11) is 0. The number of fused-ring (bicyclic) bond motifs is 2. The molecule has 2 saturated heterocycles. The summed E-state index contributed by atoms with van der Waals surface area (Å²) in [6, 6.07) is 1.38. The van der Waals surface area contributed by atoms with Crippen molar-refractivity contribution in [1.29, 1.82) is 0 Å². The van der Waals surface area contributed by atoms with E-state index in [4.69, 9.17) is 0 Å². The van der Waals surface area contributed by atoms with Crippen LogP contribution < -0.4 is 5.32 Å². The lowest BCUT2D eigenvalue weighted by Crippen LogP contribution is -2.42. The Kier molecular flexibility index (Phi) is 7.49. The molecule has 4 heteroatoms. The third-order valence-corrected chi connectivity index (χ3v) is 4.56. The molecular weight excluding hydrogens is 284 g/mol. The van der Waals surface area contributed by atoms with E-state index in [0.717, 1.165) is 19.5 Å². The molecule has 0 aromatic carbocycles. The first kappa shape index (κ1) is 18.8. The Morgan fingerprint density at radius 1 is 1.05 bits per heavy atom. The second-order valence-electron chi connectivity index (χ2n) is 7.77. The number of nitrogens with zero attached hydrogens (tertiary/aromatic N) is 1. The molecule has 2 bridgehead atoms. The molecule has 0 aromatic rings. The lowest BCUT2D eigenvalue weighted by atomic mass is 9.89. The smallest absolute Gasteiger partial charge is 0.222 e. The molecule has 1 N–H and O–H groups in total. The summed E-state index contributed by atoms with van der Waals surface area (Å²) >= 11 is 0. The van der Waals surface area contributed by atoms with Gasteiger partial charge in [0.25, 0.3) is 0 Å². The standard InChI is InChI=1S/C17H32N2O.ClH/c1-12(2)10-19(11-13(3)4)17(20)9-14-7-15-5-6-16(8-14)18-15;/h12-16,18H,5-11H2,1-4H3;1H. The van der Waals surface area contributed by atoms with Gasteiger partial charge in [-0.05, 0) is 43.4 Å². The SMILES string of the molecule is CC(C)CN(CC(C)C)C(=O)CC1CC2CCC(C1)N2.Cl. The van der Waals surface area contributed by atoms with E-state index in [-0.39, 0.29) is 12.4 Å². The lowest BCUT2D eigenvalue weighted by Gasteiger charge is -2.32. The summed E-state index contributed by atoms with van der Waals surface area (Å²) in [6.45, 7) is 10.6. The van der Waals surface area contributed by atoms with Crippen molar-refractivity contribution in [2.45, 2.75) is 71.9 Å². The highest BCUT2D eigenvalue weighted by molar-refractivity contribution is 5.85. The van der Waals surface area contributed by atoms with Crippen LogP contribution in [-0.4, -0.2) is 36.0 Å². The van der Waals surface area contributed by atoms with Crippen LogP contribution in [0.25, 0.3) is 0 Å². The molecule has 2 rings (SSSR count). The molecule has 2 atom stereocenters. The fraction of sp³-hybridized carbons (Fsp3) is 0.941. The molecule has 2 unspecified atom stereocenters. The molecule has 124 valence electrons. The van der Waals surface area contributed by atoms with Crippen molar-refractivity contribution in [2.24, 2.45) is 17.8 Å². The first-order valence-electron chi connectivity index (χ1n) is 8.47. The minimum absolute atomic E-state index is 0. The number of piperidine rings is 1. The number of nitrogens with one attached hydrogen (secondary N) is 1. The molecule has 3 nitrogen and oxygen atoms in total. The molecule has 0 aromatic heterocycles. The third kappa shape index (κ3) is 5.78. The number of amides is 1. The molecular formula is C17H33ClN2O. The molecule has 0 spiro atoms. The molecule has 2 fully saturated rings. The Balaban J connectivity index is 0.00000220. The quantitative estimate of drug-likeness (QED) is 0.813. The maximum absolute atomic E-state index is 12.6. The van der Waals surface area contributed by atoms with Gasteiger partial charge >= 0.3 is 0 Å². The first-order valence-corrected chi connectivity index (χ1v) is 8.47. The van der Waals surface area contributed by atoms with Crippen LogP contribution in [0.15, 0.2) is 0 Å². The largest absolute Gasteiger partial charge is 0.342 e. The Hall–Kier alpha value is -0.280. The number of halogens is 1. The molecule has 2 aliphatic heterocycles. The molecule has 0 aliphatic carbocycles. The van der Waals surface area contributed by atoms with Crippen LogP contribution in [-0.2, 0) is 4.79 Å². The minimum Gasteiger partial charge on any atom is -0.342 e. The highest BCUT2D eigenvalue weighted by Gasteiger charge is 2.34. The van der Waals surface area contributed by atoms with Crippen LogP contribution in [0.5, 0.6) is 0 Å². The zero-order valence-corrected chi connectivity index (χ0v) is 14.9. The average molecular weight is 317 g/mol. The predicted octanol–water partition coefficient (Wildman–Crippen LogP) is 3.47. The van der Waals surface area contributed by atoms with Crippen molar-refractivity contribution in [2.75, 3.05) is 13.1 Å². The summed E-state index contributed by atoms with van der Waals surface area (Å²) in [4.78, 5) is 14.7. The molecule has 2 aliphatic rings. The normalized spacial score (nSPS) is 27.8. The predicted molar refractivity (Wildman–Crippen MR) is 90.8 cm³/mol. The zero-order chi connectivity index (χ0) is 14.7. The van der Waals surface area contributed by atoms with Crippen LogP contribution in [0.2, 0.25) is 0 Å². The van der Waals surface area contributed by atoms with Gasteiger partial charge in [-0.15, -0.1) is 12.4 Å². The highest BCUT2D eigenvalue weighted by Crippen LogP contribution is 2.33. The topological polar surface area (TPSA) is 32.3 Å². The van der Waals surface area contributed by atoms with Crippen LogP contribution in [0, 0.1) is 17.8 Å². The van der Waals surface area contributed by atoms with Gasteiger partial charge in [-0.2, -0.15) is 0 Å². The van der Waals surface area contributed by atoms with E-state index in [9.17, 15) is 4.79 Å². The van der Waals surface area contributed by atoms with Crippen molar-refractivity contribution >= 4 is 18.3 Å². The van der Waals surface area contributed by atoms with Gasteiger partial charge in [-0.25, -0.2) is 0 Å². The maximum atomic E-state index is 12.6. The lowest BCUT2D eigenvalue weighted by molar-refractivity contribution is -0.133. The minimum atomic E-state index is 0. The van der Waals surface area contributed by atoms with Gasteiger partial charge in [0.05, 0.1) is 0 Å². The van der Waals surface area contributed by atoms with Crippen molar-refractivity contribution in [1.82, 2.24) is 10.2 Å². The van der Waals surface area contributed by atoms with Crippen LogP contribution >= 0.6 is 12.4 Å². The van der Waals surface area contributed by atoms with Crippen LogP contribution in [0.3, 0.4) is 0 Å². The van der Waals surface area contributed by atoms with Gasteiger partial charge in [0.15, 0.2) is 0 Å². The number of hydrogen-bond acceptors (Lipinski definition) is 2. The molecule has 2 heterocycles. The van der Waals surface area contributed by atoms with E-state index in [1.807, 2.05) is 0 Å². The first-order chi connectivity index (χ1) is 9.44. The Labute approximate surface area is 136 Å². The van der Waals surface area contributed by atoms with Gasteiger partial charge in [-0.3, -0.25) is 4.79 Å². The summed E-state index contributed by atoms with van der Waals surface area (Å²) in [5, 5.41) is 3.66. The second-order valence-corrected chi connectivity index (χ2v) is 7.77.